The van der Waals surface area contributed by atoms with E-state index in [0.29, 0.717) is 5.02 Å². The highest BCUT2D eigenvalue weighted by atomic mass is 35.5. The molecule has 0 aliphatic rings. The molecule has 0 saturated carbocycles. The van der Waals surface area contributed by atoms with Crippen molar-refractivity contribution in [3.63, 3.8) is 0 Å². The minimum absolute atomic E-state index is 0.0854. The van der Waals surface area contributed by atoms with Gasteiger partial charge >= 0.3 is 0 Å². The summed E-state index contributed by atoms with van der Waals surface area (Å²) in [4.78, 5) is 15.6. The number of carbonyl (C=O) groups is 1. The van der Waals surface area contributed by atoms with E-state index in [4.69, 9.17) is 17.3 Å². The molecular formula is C12H14ClN5O. The van der Waals surface area contributed by atoms with Gasteiger partial charge in [0.05, 0.1) is 6.04 Å². The van der Waals surface area contributed by atoms with Crippen molar-refractivity contribution in [3.05, 3.63) is 41.2 Å². The Morgan fingerprint density at radius 1 is 1.47 bits per heavy atom. The third-order valence-corrected chi connectivity index (χ3v) is 2.86. The van der Waals surface area contributed by atoms with Gasteiger partial charge in [-0.25, -0.2) is 9.67 Å². The normalized spacial score (nSPS) is 12.1. The Morgan fingerprint density at radius 2 is 2.16 bits per heavy atom. The standard InChI is InChI=1S/C12H14ClN5O/c1-8(9-2-4-10(13)5-3-9)16-11(19)6-18-7-15-12(14)17-18/h2-5,7-8H,6H2,1H3,(H2,14,17)(H,16,19). The lowest BCUT2D eigenvalue weighted by molar-refractivity contribution is -0.122. The van der Waals surface area contributed by atoms with Gasteiger partial charge in [-0.2, -0.15) is 0 Å². The number of halogens is 1. The number of rotatable bonds is 4. The van der Waals surface area contributed by atoms with Crippen LogP contribution in [0.15, 0.2) is 30.6 Å². The first-order chi connectivity index (χ1) is 9.04. The summed E-state index contributed by atoms with van der Waals surface area (Å²) in [6.07, 6.45) is 1.42. The maximum Gasteiger partial charge on any atom is 0.242 e. The van der Waals surface area contributed by atoms with E-state index in [1.54, 1.807) is 12.1 Å². The fourth-order valence-electron chi connectivity index (χ4n) is 1.65. The van der Waals surface area contributed by atoms with Gasteiger partial charge in [0, 0.05) is 5.02 Å². The molecule has 1 aromatic heterocycles. The second kappa shape index (κ2) is 5.71. The van der Waals surface area contributed by atoms with Crippen molar-refractivity contribution in [2.45, 2.75) is 19.5 Å². The quantitative estimate of drug-likeness (QED) is 0.885. The van der Waals surface area contributed by atoms with Gasteiger partial charge in [0.1, 0.15) is 12.9 Å². The summed E-state index contributed by atoms with van der Waals surface area (Å²) in [6, 6.07) is 7.22. The van der Waals surface area contributed by atoms with Crippen molar-refractivity contribution >= 4 is 23.5 Å². The molecule has 100 valence electrons. The molecule has 1 atom stereocenters. The number of benzene rings is 1. The number of aromatic nitrogens is 3. The van der Waals surface area contributed by atoms with Crippen molar-refractivity contribution in [2.75, 3.05) is 5.73 Å². The molecule has 0 saturated heterocycles. The van der Waals surface area contributed by atoms with Crippen LogP contribution < -0.4 is 11.1 Å². The number of hydrogen-bond acceptors (Lipinski definition) is 4. The monoisotopic (exact) mass is 279 g/mol. The fraction of sp³-hybridized carbons (Fsp3) is 0.250. The highest BCUT2D eigenvalue weighted by molar-refractivity contribution is 6.30. The Labute approximate surface area is 115 Å². The molecule has 3 N–H and O–H groups in total. The van der Waals surface area contributed by atoms with Crippen LogP contribution in [-0.2, 0) is 11.3 Å². The van der Waals surface area contributed by atoms with E-state index in [1.165, 1.54) is 11.0 Å². The minimum Gasteiger partial charge on any atom is -0.367 e. The average molecular weight is 280 g/mol. The molecular weight excluding hydrogens is 266 g/mol. The van der Waals surface area contributed by atoms with E-state index >= 15 is 0 Å². The van der Waals surface area contributed by atoms with E-state index in [-0.39, 0.29) is 24.4 Å². The van der Waals surface area contributed by atoms with Crippen LogP contribution in [0.4, 0.5) is 5.95 Å². The second-order valence-electron chi connectivity index (χ2n) is 4.14. The molecule has 0 aliphatic carbocycles. The summed E-state index contributed by atoms with van der Waals surface area (Å²) in [6.45, 7) is 1.99. The molecule has 2 rings (SSSR count). The summed E-state index contributed by atoms with van der Waals surface area (Å²) in [5.74, 6) is -0.00843. The van der Waals surface area contributed by atoms with Crippen LogP contribution in [0.3, 0.4) is 0 Å². The number of anilines is 1. The molecule has 1 heterocycles. The Kier molecular flexibility index (Phi) is 4.01. The molecule has 7 heteroatoms. The first-order valence-corrected chi connectivity index (χ1v) is 6.12. The minimum atomic E-state index is -0.160. The van der Waals surface area contributed by atoms with Crippen molar-refractivity contribution in [2.24, 2.45) is 0 Å². The lowest BCUT2D eigenvalue weighted by Gasteiger charge is -2.14. The Balaban J connectivity index is 1.93. The van der Waals surface area contributed by atoms with Crippen molar-refractivity contribution < 1.29 is 4.79 Å². The lowest BCUT2D eigenvalue weighted by atomic mass is 10.1. The molecule has 0 fully saturated rings. The Hall–Kier alpha value is -2.08. The largest absolute Gasteiger partial charge is 0.367 e. The molecule has 19 heavy (non-hydrogen) atoms. The number of amides is 1. The molecule has 2 aromatic rings. The molecule has 1 amide bonds. The zero-order chi connectivity index (χ0) is 13.8. The van der Waals surface area contributed by atoms with Crippen LogP contribution in [0.5, 0.6) is 0 Å². The van der Waals surface area contributed by atoms with Crippen LogP contribution in [0, 0.1) is 0 Å². The van der Waals surface area contributed by atoms with Gasteiger partial charge in [0.15, 0.2) is 0 Å². The lowest BCUT2D eigenvalue weighted by Crippen LogP contribution is -2.30. The maximum atomic E-state index is 11.8. The van der Waals surface area contributed by atoms with Gasteiger partial charge in [-0.15, -0.1) is 5.10 Å². The van der Waals surface area contributed by atoms with Crippen LogP contribution >= 0.6 is 11.6 Å². The summed E-state index contributed by atoms with van der Waals surface area (Å²) in [5.41, 5.74) is 6.36. The average Bonchev–Trinajstić information content (AvgIpc) is 2.75. The second-order valence-corrected chi connectivity index (χ2v) is 4.58. The summed E-state index contributed by atoms with van der Waals surface area (Å²) in [7, 11) is 0. The van der Waals surface area contributed by atoms with E-state index in [1.807, 2.05) is 19.1 Å². The highest BCUT2D eigenvalue weighted by Crippen LogP contribution is 2.15. The molecule has 1 unspecified atom stereocenters. The van der Waals surface area contributed by atoms with Gasteiger partial charge in [0.2, 0.25) is 11.9 Å². The van der Waals surface area contributed by atoms with Gasteiger partial charge in [-0.1, -0.05) is 23.7 Å². The summed E-state index contributed by atoms with van der Waals surface area (Å²) < 4.78 is 1.39. The van der Waals surface area contributed by atoms with E-state index in [2.05, 4.69) is 15.4 Å². The number of carbonyl (C=O) groups excluding carboxylic acids is 1. The predicted octanol–water partition coefficient (Wildman–Crippen LogP) is 1.39. The first kappa shape index (κ1) is 13.4. The molecule has 0 radical (unpaired) electrons. The number of nitrogens with one attached hydrogen (secondary N) is 1. The van der Waals surface area contributed by atoms with Crippen LogP contribution in [0.2, 0.25) is 5.02 Å². The van der Waals surface area contributed by atoms with Gasteiger partial charge in [-0.05, 0) is 24.6 Å². The smallest absolute Gasteiger partial charge is 0.242 e. The van der Waals surface area contributed by atoms with E-state index < -0.39 is 0 Å². The van der Waals surface area contributed by atoms with Crippen LogP contribution in [0.1, 0.15) is 18.5 Å². The molecule has 1 aromatic carbocycles. The topological polar surface area (TPSA) is 85.8 Å². The van der Waals surface area contributed by atoms with Gasteiger partial charge in [0.25, 0.3) is 0 Å². The highest BCUT2D eigenvalue weighted by Gasteiger charge is 2.10. The van der Waals surface area contributed by atoms with Crippen molar-refractivity contribution in [1.29, 1.82) is 0 Å². The summed E-state index contributed by atoms with van der Waals surface area (Å²) >= 11 is 5.81. The fourth-order valence-corrected chi connectivity index (χ4v) is 1.78. The first-order valence-electron chi connectivity index (χ1n) is 5.74. The third-order valence-electron chi connectivity index (χ3n) is 2.61. The molecule has 6 nitrogen and oxygen atoms in total. The zero-order valence-electron chi connectivity index (χ0n) is 10.4. The van der Waals surface area contributed by atoms with Crippen molar-refractivity contribution in [3.8, 4) is 0 Å². The Morgan fingerprint density at radius 3 is 2.74 bits per heavy atom. The van der Waals surface area contributed by atoms with Crippen molar-refractivity contribution in [1.82, 2.24) is 20.1 Å². The zero-order valence-corrected chi connectivity index (χ0v) is 11.1. The van der Waals surface area contributed by atoms with E-state index in [9.17, 15) is 4.79 Å². The number of nitrogens with zero attached hydrogens (tertiary/aromatic N) is 3. The maximum absolute atomic E-state index is 11.8. The van der Waals surface area contributed by atoms with E-state index in [0.717, 1.165) is 5.56 Å². The third kappa shape index (κ3) is 3.69. The molecule has 0 aliphatic heterocycles. The molecule has 0 bridgehead atoms. The van der Waals surface area contributed by atoms with Gasteiger partial charge < -0.3 is 11.1 Å². The Bertz CT molecular complexity index is 566. The summed E-state index contributed by atoms with van der Waals surface area (Å²) in [5, 5.41) is 7.38. The van der Waals surface area contributed by atoms with Crippen LogP contribution in [0.25, 0.3) is 0 Å². The predicted molar refractivity (Wildman–Crippen MR) is 72.4 cm³/mol. The SMILES string of the molecule is CC(NC(=O)Cn1cnc(N)n1)c1ccc(Cl)cc1. The molecule has 0 spiro atoms. The number of nitrogens with two attached hydrogens (primary N) is 1. The van der Waals surface area contributed by atoms with Crippen LogP contribution in [-0.4, -0.2) is 20.7 Å². The van der Waals surface area contributed by atoms with Gasteiger partial charge in [-0.3, -0.25) is 4.79 Å². The number of nitrogen functional groups attached to an aromatic ring is 1. The number of hydrogen-bond donors (Lipinski definition) is 2.